The molecule has 1 atom stereocenters. The molecule has 76 valence electrons. The van der Waals surface area contributed by atoms with E-state index in [-0.39, 0.29) is 5.54 Å². The predicted molar refractivity (Wildman–Crippen MR) is 56.1 cm³/mol. The van der Waals surface area contributed by atoms with Crippen molar-refractivity contribution in [1.29, 1.82) is 0 Å². The molecular weight excluding hydrogens is 162 g/mol. The number of hydroxylamine groups is 1. The van der Waals surface area contributed by atoms with E-state index < -0.39 is 0 Å². The molecule has 0 aromatic rings. The summed E-state index contributed by atoms with van der Waals surface area (Å²) >= 11 is 0. The highest BCUT2D eigenvalue weighted by Crippen LogP contribution is 2.27. The van der Waals surface area contributed by atoms with Crippen molar-refractivity contribution in [2.45, 2.75) is 64.3 Å². The number of rotatable bonds is 5. The number of unbranched alkanes of at least 4 members (excludes halogenated alkanes) is 3. The highest BCUT2D eigenvalue weighted by Gasteiger charge is 2.35. The Kier molecular flexibility index (Phi) is 3.76. The van der Waals surface area contributed by atoms with Crippen LogP contribution in [-0.4, -0.2) is 16.5 Å². The molecule has 1 aliphatic rings. The van der Waals surface area contributed by atoms with Crippen molar-refractivity contribution in [3.63, 3.8) is 0 Å². The molecular formula is C11H21NO. The van der Waals surface area contributed by atoms with Gasteiger partial charge in [-0.15, -0.1) is 0 Å². The third-order valence-corrected chi connectivity index (χ3v) is 3.08. The lowest BCUT2D eigenvalue weighted by Gasteiger charge is -2.23. The van der Waals surface area contributed by atoms with Crippen molar-refractivity contribution in [3.8, 4) is 0 Å². The minimum Gasteiger partial charge on any atom is -0.624 e. The smallest absolute Gasteiger partial charge is 0.170 e. The van der Waals surface area contributed by atoms with Crippen LogP contribution in [0.2, 0.25) is 0 Å². The lowest BCUT2D eigenvalue weighted by molar-refractivity contribution is -0.534. The molecule has 1 heterocycles. The summed E-state index contributed by atoms with van der Waals surface area (Å²) < 4.78 is 1.18. The van der Waals surface area contributed by atoms with Crippen LogP contribution in [0.1, 0.15) is 58.8 Å². The molecule has 0 aromatic heterocycles. The molecule has 0 saturated carbocycles. The summed E-state index contributed by atoms with van der Waals surface area (Å²) in [5.74, 6) is 0. The largest absolute Gasteiger partial charge is 0.624 e. The first-order valence-electron chi connectivity index (χ1n) is 5.49. The molecule has 0 aliphatic carbocycles. The van der Waals surface area contributed by atoms with Crippen molar-refractivity contribution >= 4 is 6.21 Å². The highest BCUT2D eigenvalue weighted by molar-refractivity contribution is 5.53. The standard InChI is InChI=1S/C11H21NO/c1-3-4-5-6-8-11(2)9-7-10-12(11)13/h10H,3-9H2,1-2H3. The third-order valence-electron chi connectivity index (χ3n) is 3.08. The molecule has 2 heteroatoms. The number of hydrogen-bond donors (Lipinski definition) is 0. The molecule has 1 unspecified atom stereocenters. The molecule has 0 saturated heterocycles. The summed E-state index contributed by atoms with van der Waals surface area (Å²) in [4.78, 5) is 0. The first-order chi connectivity index (χ1) is 6.19. The minimum absolute atomic E-state index is 0.0757. The van der Waals surface area contributed by atoms with E-state index in [0.29, 0.717) is 0 Å². The Balaban J connectivity index is 2.23. The van der Waals surface area contributed by atoms with Gasteiger partial charge in [0.15, 0.2) is 11.8 Å². The van der Waals surface area contributed by atoms with E-state index in [2.05, 4.69) is 13.8 Å². The Morgan fingerprint density at radius 3 is 2.69 bits per heavy atom. The fourth-order valence-electron chi connectivity index (χ4n) is 1.99. The van der Waals surface area contributed by atoms with E-state index in [0.717, 1.165) is 19.3 Å². The van der Waals surface area contributed by atoms with Gasteiger partial charge in [-0.2, -0.15) is 0 Å². The van der Waals surface area contributed by atoms with Crippen LogP contribution in [0.15, 0.2) is 0 Å². The number of hydrogen-bond acceptors (Lipinski definition) is 1. The van der Waals surface area contributed by atoms with Gasteiger partial charge in [-0.05, 0) is 6.42 Å². The quantitative estimate of drug-likeness (QED) is 0.365. The van der Waals surface area contributed by atoms with E-state index in [1.54, 1.807) is 6.21 Å². The zero-order valence-electron chi connectivity index (χ0n) is 8.88. The van der Waals surface area contributed by atoms with Gasteiger partial charge in [-0.25, -0.2) is 4.74 Å². The predicted octanol–water partition coefficient (Wildman–Crippen LogP) is 3.09. The fourth-order valence-corrected chi connectivity index (χ4v) is 1.99. The molecule has 0 fully saturated rings. The van der Waals surface area contributed by atoms with Crippen molar-refractivity contribution in [2.75, 3.05) is 0 Å². The first kappa shape index (κ1) is 10.6. The lowest BCUT2D eigenvalue weighted by atomic mass is 9.92. The van der Waals surface area contributed by atoms with Crippen molar-refractivity contribution in [3.05, 3.63) is 5.21 Å². The minimum atomic E-state index is -0.0757. The average molecular weight is 183 g/mol. The first-order valence-corrected chi connectivity index (χ1v) is 5.49. The van der Waals surface area contributed by atoms with Gasteiger partial charge >= 0.3 is 0 Å². The van der Waals surface area contributed by atoms with Gasteiger partial charge in [-0.1, -0.05) is 26.2 Å². The van der Waals surface area contributed by atoms with E-state index in [1.165, 1.54) is 30.4 Å². The van der Waals surface area contributed by atoms with Crippen LogP contribution < -0.4 is 0 Å². The van der Waals surface area contributed by atoms with Crippen molar-refractivity contribution < 1.29 is 4.74 Å². The molecule has 0 radical (unpaired) electrons. The third kappa shape index (κ3) is 2.71. The Labute approximate surface area is 81.2 Å². The SMILES string of the molecule is CCCCCCC1(C)CCC=[N+]1[O-]. The summed E-state index contributed by atoms with van der Waals surface area (Å²) in [6.45, 7) is 4.31. The fraction of sp³-hybridized carbons (Fsp3) is 0.909. The zero-order valence-corrected chi connectivity index (χ0v) is 8.88. The van der Waals surface area contributed by atoms with Crippen LogP contribution >= 0.6 is 0 Å². The van der Waals surface area contributed by atoms with Crippen LogP contribution in [-0.2, 0) is 0 Å². The maximum absolute atomic E-state index is 11.4. The van der Waals surface area contributed by atoms with Gasteiger partial charge < -0.3 is 5.21 Å². The van der Waals surface area contributed by atoms with Crippen LogP contribution in [0.4, 0.5) is 0 Å². The lowest BCUT2D eigenvalue weighted by Crippen LogP contribution is -2.31. The van der Waals surface area contributed by atoms with Crippen LogP contribution in [0.25, 0.3) is 0 Å². The summed E-state index contributed by atoms with van der Waals surface area (Å²) in [6, 6.07) is 0. The normalized spacial score (nSPS) is 27.7. The van der Waals surface area contributed by atoms with Crippen molar-refractivity contribution in [2.24, 2.45) is 0 Å². The Hall–Kier alpha value is -0.530. The van der Waals surface area contributed by atoms with E-state index >= 15 is 0 Å². The molecule has 0 bridgehead atoms. The Morgan fingerprint density at radius 2 is 2.15 bits per heavy atom. The molecule has 0 aromatic carbocycles. The zero-order chi connectivity index (χ0) is 9.73. The monoisotopic (exact) mass is 183 g/mol. The second-order valence-corrected chi connectivity index (χ2v) is 4.35. The van der Waals surface area contributed by atoms with Crippen LogP contribution in [0.5, 0.6) is 0 Å². The molecule has 1 aliphatic heterocycles. The van der Waals surface area contributed by atoms with Crippen LogP contribution in [0.3, 0.4) is 0 Å². The Morgan fingerprint density at radius 1 is 1.38 bits per heavy atom. The summed E-state index contributed by atoms with van der Waals surface area (Å²) in [5.41, 5.74) is -0.0757. The van der Waals surface area contributed by atoms with E-state index in [9.17, 15) is 5.21 Å². The molecule has 0 amide bonds. The van der Waals surface area contributed by atoms with Gasteiger partial charge in [-0.3, -0.25) is 0 Å². The Bertz CT molecular complexity index is 189. The van der Waals surface area contributed by atoms with Crippen LogP contribution in [0, 0.1) is 5.21 Å². The van der Waals surface area contributed by atoms with Gasteiger partial charge in [0, 0.05) is 26.2 Å². The summed E-state index contributed by atoms with van der Waals surface area (Å²) in [6.07, 6.45) is 9.92. The average Bonchev–Trinajstić information content (AvgIpc) is 2.42. The van der Waals surface area contributed by atoms with Gasteiger partial charge in [0.05, 0.1) is 0 Å². The van der Waals surface area contributed by atoms with Gasteiger partial charge in [0.2, 0.25) is 0 Å². The van der Waals surface area contributed by atoms with Gasteiger partial charge in [0.25, 0.3) is 0 Å². The maximum Gasteiger partial charge on any atom is 0.170 e. The molecule has 13 heavy (non-hydrogen) atoms. The topological polar surface area (TPSA) is 26.1 Å². The molecule has 1 rings (SSSR count). The van der Waals surface area contributed by atoms with E-state index in [4.69, 9.17) is 0 Å². The highest BCUT2D eigenvalue weighted by atomic mass is 16.5. The summed E-state index contributed by atoms with van der Waals surface area (Å²) in [7, 11) is 0. The van der Waals surface area contributed by atoms with Gasteiger partial charge in [0.1, 0.15) is 0 Å². The van der Waals surface area contributed by atoms with Crippen molar-refractivity contribution in [1.82, 2.24) is 0 Å². The summed E-state index contributed by atoms with van der Waals surface area (Å²) in [5, 5.41) is 11.4. The molecule has 0 N–H and O–H groups in total. The second kappa shape index (κ2) is 4.64. The molecule has 0 spiro atoms. The molecule has 2 nitrogen and oxygen atoms in total. The van der Waals surface area contributed by atoms with E-state index in [1.807, 2.05) is 0 Å². The maximum atomic E-state index is 11.4. The number of nitrogens with zero attached hydrogens (tertiary/aromatic N) is 1. The second-order valence-electron chi connectivity index (χ2n) is 4.35.